The summed E-state index contributed by atoms with van der Waals surface area (Å²) in [5.74, 6) is -0.137. The maximum atomic E-state index is 13.5. The van der Waals surface area contributed by atoms with Gasteiger partial charge in [0.25, 0.3) is 5.56 Å². The van der Waals surface area contributed by atoms with E-state index in [9.17, 15) is 19.5 Å². The van der Waals surface area contributed by atoms with Gasteiger partial charge in [0.1, 0.15) is 24.0 Å². The average molecular weight is 429 g/mol. The molecule has 0 aliphatic carbocycles. The smallest absolute Gasteiger partial charge is 0.262 e. The van der Waals surface area contributed by atoms with Crippen molar-refractivity contribution in [3.63, 3.8) is 0 Å². The van der Waals surface area contributed by atoms with Crippen molar-refractivity contribution in [1.82, 2.24) is 19.8 Å². The van der Waals surface area contributed by atoms with Gasteiger partial charge in [-0.2, -0.15) is 0 Å². The Kier molecular flexibility index (Phi) is 3.17. The Balaban J connectivity index is 1.58. The van der Waals surface area contributed by atoms with Crippen molar-refractivity contribution in [2.45, 2.75) is 43.4 Å². The van der Waals surface area contributed by atoms with Crippen LogP contribution in [-0.2, 0) is 15.2 Å². The van der Waals surface area contributed by atoms with Gasteiger partial charge in [0.15, 0.2) is 5.82 Å². The molecule has 2 fully saturated rings. The lowest BCUT2D eigenvalue weighted by atomic mass is 9.83. The molecule has 5 aliphatic heterocycles. The molecule has 2 saturated heterocycles. The van der Waals surface area contributed by atoms with Gasteiger partial charge in [0, 0.05) is 12.0 Å². The Hall–Kier alpha value is -3.56. The van der Waals surface area contributed by atoms with Crippen LogP contribution >= 0.6 is 0 Å². The third-order valence-corrected chi connectivity index (χ3v) is 7.40. The van der Waals surface area contributed by atoms with E-state index in [1.807, 2.05) is 24.3 Å². The number of benzene rings is 2. The van der Waals surface area contributed by atoms with Gasteiger partial charge in [0.2, 0.25) is 11.8 Å². The third-order valence-electron chi connectivity index (χ3n) is 7.40. The van der Waals surface area contributed by atoms with Crippen LogP contribution < -0.4 is 15.8 Å². The Morgan fingerprint density at radius 3 is 2.69 bits per heavy atom. The molecule has 8 rings (SSSR count). The van der Waals surface area contributed by atoms with Crippen molar-refractivity contribution in [2.75, 3.05) is 4.90 Å². The second-order valence-corrected chi connectivity index (χ2v) is 8.94. The van der Waals surface area contributed by atoms with Crippen LogP contribution in [0, 0.1) is 0 Å². The molecule has 2 bridgehead atoms. The summed E-state index contributed by atoms with van der Waals surface area (Å²) >= 11 is 0. The lowest BCUT2D eigenvalue weighted by Gasteiger charge is -2.48. The van der Waals surface area contributed by atoms with Gasteiger partial charge in [-0.3, -0.25) is 23.9 Å². The van der Waals surface area contributed by atoms with Crippen molar-refractivity contribution < 1.29 is 14.7 Å². The van der Waals surface area contributed by atoms with Crippen molar-refractivity contribution in [3.05, 3.63) is 70.3 Å². The highest BCUT2D eigenvalue weighted by Crippen LogP contribution is 2.55. The van der Waals surface area contributed by atoms with Gasteiger partial charge >= 0.3 is 0 Å². The molecule has 0 saturated carbocycles. The predicted molar refractivity (Wildman–Crippen MR) is 113 cm³/mol. The number of para-hydroxylation sites is 2. The van der Waals surface area contributed by atoms with E-state index in [0.29, 0.717) is 28.0 Å². The number of amides is 2. The number of carbonyl (C=O) groups excluding carboxylic acids is 2. The Morgan fingerprint density at radius 1 is 1.09 bits per heavy atom. The van der Waals surface area contributed by atoms with Gasteiger partial charge in [-0.1, -0.05) is 30.3 Å². The molecule has 9 heteroatoms. The molecule has 5 aliphatic rings. The van der Waals surface area contributed by atoms with Gasteiger partial charge in [-0.25, -0.2) is 9.88 Å². The number of carbonyl (C=O) groups is 2. The van der Waals surface area contributed by atoms with E-state index in [4.69, 9.17) is 4.98 Å². The summed E-state index contributed by atoms with van der Waals surface area (Å²) in [6.45, 7) is 1.76. The number of fused-ring (bicyclic) bond motifs is 4. The first-order valence-corrected chi connectivity index (χ1v) is 10.7. The number of aromatic nitrogens is 2. The summed E-state index contributed by atoms with van der Waals surface area (Å²) in [6.07, 6.45) is -1.58. The molecule has 3 aromatic rings. The Bertz CT molecular complexity index is 1430. The minimum atomic E-state index is -1.51. The van der Waals surface area contributed by atoms with E-state index in [1.54, 1.807) is 41.0 Å². The van der Waals surface area contributed by atoms with Gasteiger partial charge in [-0.15, -0.1) is 0 Å². The van der Waals surface area contributed by atoms with E-state index in [1.165, 1.54) is 4.57 Å². The molecule has 32 heavy (non-hydrogen) atoms. The maximum absolute atomic E-state index is 13.5. The first kappa shape index (κ1) is 18.1. The minimum absolute atomic E-state index is 0.0485. The second-order valence-electron chi connectivity index (χ2n) is 8.94. The molecular weight excluding hydrogens is 410 g/mol. The number of hydrogen-bond acceptors (Lipinski definition) is 6. The average Bonchev–Trinajstić information content (AvgIpc) is 3.19. The number of aliphatic hydroxyl groups is 1. The number of nitrogens with zero attached hydrogens (tertiary/aromatic N) is 4. The largest absolute Gasteiger partial charge is 0.381 e. The van der Waals surface area contributed by atoms with Crippen LogP contribution in [0.5, 0.6) is 0 Å². The van der Waals surface area contributed by atoms with Crippen molar-refractivity contribution in [1.29, 1.82) is 0 Å². The zero-order chi connectivity index (χ0) is 21.9. The fraction of sp³-hybridized carbons (Fsp3) is 0.304. The maximum Gasteiger partial charge on any atom is 0.262 e. The summed E-state index contributed by atoms with van der Waals surface area (Å²) in [7, 11) is 0. The fourth-order valence-electron chi connectivity index (χ4n) is 6.03. The van der Waals surface area contributed by atoms with Crippen LogP contribution in [0.3, 0.4) is 0 Å². The second kappa shape index (κ2) is 5.62. The summed E-state index contributed by atoms with van der Waals surface area (Å²) in [6, 6.07) is 12.7. The number of anilines is 1. The highest BCUT2D eigenvalue weighted by molar-refractivity contribution is 6.03. The molecule has 0 unspecified atom stereocenters. The van der Waals surface area contributed by atoms with Crippen LogP contribution in [-0.4, -0.2) is 43.6 Å². The molecule has 6 heterocycles. The predicted octanol–water partition coefficient (Wildman–Crippen LogP) is 0.734. The van der Waals surface area contributed by atoms with Crippen molar-refractivity contribution >= 4 is 28.4 Å². The quantitative estimate of drug-likeness (QED) is 0.546. The van der Waals surface area contributed by atoms with E-state index >= 15 is 0 Å². The van der Waals surface area contributed by atoms with Crippen LogP contribution in [0.1, 0.15) is 36.9 Å². The summed E-state index contributed by atoms with van der Waals surface area (Å²) in [5.41, 5.74) is -0.0647. The Morgan fingerprint density at radius 2 is 1.84 bits per heavy atom. The molecule has 2 aromatic carbocycles. The van der Waals surface area contributed by atoms with Crippen molar-refractivity contribution in [3.8, 4) is 0 Å². The third kappa shape index (κ3) is 1.88. The molecule has 2 amide bonds. The Labute approximate surface area is 181 Å². The zero-order valence-electron chi connectivity index (χ0n) is 17.1. The number of nitrogens with one attached hydrogen (secondary N) is 1. The van der Waals surface area contributed by atoms with Crippen LogP contribution in [0.4, 0.5) is 5.69 Å². The molecule has 0 spiro atoms. The van der Waals surface area contributed by atoms with Gasteiger partial charge < -0.3 is 10.4 Å². The highest BCUT2D eigenvalue weighted by atomic mass is 16.3. The van der Waals surface area contributed by atoms with E-state index in [-0.39, 0.29) is 23.8 Å². The fourth-order valence-corrected chi connectivity index (χ4v) is 6.03. The van der Waals surface area contributed by atoms with Crippen LogP contribution in [0.15, 0.2) is 53.3 Å². The summed E-state index contributed by atoms with van der Waals surface area (Å²) in [5, 5.41) is 15.5. The minimum Gasteiger partial charge on any atom is -0.381 e. The first-order valence-electron chi connectivity index (χ1n) is 10.7. The molecule has 9 nitrogen and oxygen atoms in total. The van der Waals surface area contributed by atoms with E-state index in [2.05, 4.69) is 5.32 Å². The summed E-state index contributed by atoms with van der Waals surface area (Å²) in [4.78, 5) is 48.3. The number of rotatable bonds is 0. The molecule has 2 N–H and O–H groups in total. The highest BCUT2D eigenvalue weighted by Gasteiger charge is 2.66. The molecular formula is C23H19N5O4. The summed E-state index contributed by atoms with van der Waals surface area (Å²) < 4.78 is 1.42. The van der Waals surface area contributed by atoms with E-state index in [0.717, 1.165) is 0 Å². The van der Waals surface area contributed by atoms with Crippen molar-refractivity contribution in [2.24, 2.45) is 0 Å². The number of hydrogen-bond donors (Lipinski definition) is 2. The topological polar surface area (TPSA) is 108 Å². The molecule has 160 valence electrons. The zero-order valence-corrected chi connectivity index (χ0v) is 17.1. The molecule has 0 radical (unpaired) electrons. The van der Waals surface area contributed by atoms with Gasteiger partial charge in [-0.05, 0) is 25.1 Å². The standard InChI is InChI=1S/C23H19N5O4/c1-11-20(30)28-15-9-5-3-7-13(15)23(32)10-16-19(29)25-18(26(11)22(23)28)17-24-14-8-4-2-6-12(14)21(31)27(16)17/h2-9,11,16,18,22,32H,10H2,1H3,(H,25,29)/t11-,16+,18+,22-,23+/m0/s1. The van der Waals surface area contributed by atoms with Crippen LogP contribution in [0.25, 0.3) is 10.9 Å². The SMILES string of the molecule is C[C@H]1C(=O)N2c3ccccc3[C@]3(O)C[C@@H]4C(=O)N[C@@H](c5nc6ccccc6c(=O)n54)N1[C@@H]23. The monoisotopic (exact) mass is 429 g/mol. The molecule has 1 aromatic heterocycles. The first-order chi connectivity index (χ1) is 15.4. The normalized spacial score (nSPS) is 32.4. The lowest BCUT2D eigenvalue weighted by molar-refractivity contribution is -0.144. The lowest BCUT2D eigenvalue weighted by Crippen LogP contribution is -2.63. The molecule has 5 atom stereocenters. The van der Waals surface area contributed by atoms with Gasteiger partial charge in [0.05, 0.1) is 22.6 Å². The van der Waals surface area contributed by atoms with E-state index < -0.39 is 30.0 Å². The van der Waals surface area contributed by atoms with Crippen LogP contribution in [0.2, 0.25) is 0 Å².